The van der Waals surface area contributed by atoms with Gasteiger partial charge in [-0.15, -0.1) is 0 Å². The number of carboxylic acids is 1. The second-order valence-corrected chi connectivity index (χ2v) is 7.42. The maximum atomic E-state index is 12.6. The molecule has 0 spiro atoms. The van der Waals surface area contributed by atoms with Crippen LogP contribution in [-0.2, 0) is 19.1 Å². The van der Waals surface area contributed by atoms with Gasteiger partial charge >= 0.3 is 11.9 Å². The summed E-state index contributed by atoms with van der Waals surface area (Å²) in [5, 5.41) is 11.5. The van der Waals surface area contributed by atoms with Crippen LogP contribution in [0.15, 0.2) is 11.3 Å². The summed E-state index contributed by atoms with van der Waals surface area (Å²) in [5.74, 6) is -1.75. The maximum absolute atomic E-state index is 12.6. The van der Waals surface area contributed by atoms with Gasteiger partial charge in [-0.3, -0.25) is 9.59 Å². The molecular weight excluding hydrogens is 310 g/mol. The van der Waals surface area contributed by atoms with Crippen molar-refractivity contribution in [2.24, 2.45) is 23.7 Å². The molecule has 1 aliphatic carbocycles. The second-order valence-electron chi connectivity index (χ2n) is 7.42. The smallest absolute Gasteiger partial charge is 0.336 e. The van der Waals surface area contributed by atoms with Gasteiger partial charge in [-0.05, 0) is 43.9 Å². The fourth-order valence-electron chi connectivity index (χ4n) is 3.68. The standard InChI is InChI=1S/C18H27NO5/c1-9(2)12-6-5-10(3)14(7-12)24-18(23)16-11(4)19-17(22)13(16)8-15(20)21/h9-10,12-14H,5-8H2,1-4H3,(H,19,22)(H,20,21)/t10-,12+,13-,14+/m1/s1. The predicted octanol–water partition coefficient (Wildman–Crippen LogP) is 2.49. The van der Waals surface area contributed by atoms with Crippen molar-refractivity contribution >= 4 is 17.8 Å². The van der Waals surface area contributed by atoms with Crippen LogP contribution in [0.3, 0.4) is 0 Å². The summed E-state index contributed by atoms with van der Waals surface area (Å²) in [4.78, 5) is 35.5. The molecule has 2 aliphatic rings. The third-order valence-corrected chi connectivity index (χ3v) is 5.34. The first kappa shape index (κ1) is 18.5. The topological polar surface area (TPSA) is 92.7 Å². The SMILES string of the molecule is CC1=C(C(=O)O[C@H]2C[C@@H](C(C)C)CC[C@H]2C)[C@@H](CC(=O)O)C(=O)N1. The number of hydrogen-bond acceptors (Lipinski definition) is 4. The van der Waals surface area contributed by atoms with Gasteiger partial charge in [-0.1, -0.05) is 20.8 Å². The lowest BCUT2D eigenvalue weighted by Gasteiger charge is -2.35. The van der Waals surface area contributed by atoms with Crippen molar-refractivity contribution in [3.05, 3.63) is 11.3 Å². The highest BCUT2D eigenvalue weighted by molar-refractivity contribution is 6.03. The molecule has 1 aliphatic heterocycles. The number of nitrogens with one attached hydrogen (secondary N) is 1. The van der Waals surface area contributed by atoms with Gasteiger partial charge < -0.3 is 15.2 Å². The van der Waals surface area contributed by atoms with Crippen LogP contribution in [0.2, 0.25) is 0 Å². The summed E-state index contributed by atoms with van der Waals surface area (Å²) >= 11 is 0. The Kier molecular flexibility index (Phi) is 5.67. The zero-order valence-electron chi connectivity index (χ0n) is 14.8. The second kappa shape index (κ2) is 7.36. The molecule has 1 amide bonds. The summed E-state index contributed by atoms with van der Waals surface area (Å²) in [6.45, 7) is 8.03. The summed E-state index contributed by atoms with van der Waals surface area (Å²) in [5.41, 5.74) is 0.571. The van der Waals surface area contributed by atoms with Crippen molar-refractivity contribution in [2.75, 3.05) is 0 Å². The van der Waals surface area contributed by atoms with E-state index in [2.05, 4.69) is 26.1 Å². The van der Waals surface area contributed by atoms with E-state index in [1.165, 1.54) is 0 Å². The Morgan fingerprint density at radius 2 is 2.00 bits per heavy atom. The van der Waals surface area contributed by atoms with E-state index in [1.807, 2.05) is 0 Å². The third kappa shape index (κ3) is 3.97. The van der Waals surface area contributed by atoms with Crippen molar-refractivity contribution < 1.29 is 24.2 Å². The minimum Gasteiger partial charge on any atom is -0.481 e. The molecule has 24 heavy (non-hydrogen) atoms. The van der Waals surface area contributed by atoms with E-state index in [-0.39, 0.29) is 17.6 Å². The lowest BCUT2D eigenvalue weighted by molar-refractivity contribution is -0.151. The molecule has 4 atom stereocenters. The number of ether oxygens (including phenoxy) is 1. The van der Waals surface area contributed by atoms with Crippen LogP contribution in [0, 0.1) is 23.7 Å². The molecule has 1 heterocycles. The zero-order chi connectivity index (χ0) is 18.0. The fourth-order valence-corrected chi connectivity index (χ4v) is 3.68. The Balaban J connectivity index is 2.11. The van der Waals surface area contributed by atoms with Crippen LogP contribution in [-0.4, -0.2) is 29.1 Å². The maximum Gasteiger partial charge on any atom is 0.336 e. The van der Waals surface area contributed by atoms with Crippen molar-refractivity contribution in [3.63, 3.8) is 0 Å². The number of allylic oxidation sites excluding steroid dienone is 1. The minimum absolute atomic E-state index is 0.168. The number of esters is 1. The molecule has 134 valence electrons. The highest BCUT2D eigenvalue weighted by Gasteiger charge is 2.40. The molecule has 1 saturated carbocycles. The molecule has 0 radical (unpaired) electrons. The molecule has 2 rings (SSSR count). The van der Waals surface area contributed by atoms with Gasteiger partial charge in [0.05, 0.1) is 17.9 Å². The van der Waals surface area contributed by atoms with Crippen molar-refractivity contribution in [1.82, 2.24) is 5.32 Å². The number of amides is 1. The number of carboxylic acid groups (broad SMARTS) is 1. The van der Waals surface area contributed by atoms with E-state index in [1.54, 1.807) is 6.92 Å². The van der Waals surface area contributed by atoms with Crippen LogP contribution < -0.4 is 5.32 Å². The molecule has 1 fully saturated rings. The average Bonchev–Trinajstić information content (AvgIpc) is 2.74. The fraction of sp³-hybridized carbons (Fsp3) is 0.722. The normalized spacial score (nSPS) is 30.5. The minimum atomic E-state index is -1.11. The first-order valence-corrected chi connectivity index (χ1v) is 8.65. The molecule has 0 bridgehead atoms. The average molecular weight is 337 g/mol. The molecule has 6 nitrogen and oxygen atoms in total. The van der Waals surface area contributed by atoms with Gasteiger partial charge in [-0.25, -0.2) is 4.79 Å². The Labute approximate surface area is 142 Å². The summed E-state index contributed by atoms with van der Waals surface area (Å²) in [6.07, 6.45) is 2.38. The molecular formula is C18H27NO5. The Morgan fingerprint density at radius 3 is 2.58 bits per heavy atom. The third-order valence-electron chi connectivity index (χ3n) is 5.34. The molecule has 6 heteroatoms. The summed E-state index contributed by atoms with van der Waals surface area (Å²) < 4.78 is 5.72. The summed E-state index contributed by atoms with van der Waals surface area (Å²) in [6, 6.07) is 0. The predicted molar refractivity (Wildman–Crippen MR) is 87.8 cm³/mol. The van der Waals surface area contributed by atoms with E-state index in [9.17, 15) is 14.4 Å². The zero-order valence-corrected chi connectivity index (χ0v) is 14.8. The van der Waals surface area contributed by atoms with E-state index < -0.39 is 30.2 Å². The van der Waals surface area contributed by atoms with Gasteiger partial charge in [0.25, 0.3) is 0 Å². The number of rotatable bonds is 5. The number of hydrogen-bond donors (Lipinski definition) is 2. The lowest BCUT2D eigenvalue weighted by Crippen LogP contribution is -2.35. The van der Waals surface area contributed by atoms with Crippen LogP contribution >= 0.6 is 0 Å². The first-order chi connectivity index (χ1) is 11.2. The molecule has 0 saturated heterocycles. The Morgan fingerprint density at radius 1 is 1.33 bits per heavy atom. The Bertz CT molecular complexity index is 566. The molecule has 0 aromatic carbocycles. The van der Waals surface area contributed by atoms with E-state index in [4.69, 9.17) is 9.84 Å². The molecule has 2 N–H and O–H groups in total. The quantitative estimate of drug-likeness (QED) is 0.752. The van der Waals surface area contributed by atoms with Crippen molar-refractivity contribution in [3.8, 4) is 0 Å². The van der Waals surface area contributed by atoms with Crippen LogP contribution in [0.25, 0.3) is 0 Å². The van der Waals surface area contributed by atoms with E-state index >= 15 is 0 Å². The highest BCUT2D eigenvalue weighted by Crippen LogP contribution is 2.36. The lowest BCUT2D eigenvalue weighted by atomic mass is 9.76. The molecule has 0 unspecified atom stereocenters. The van der Waals surface area contributed by atoms with Crippen LogP contribution in [0.5, 0.6) is 0 Å². The molecule has 0 aromatic rings. The van der Waals surface area contributed by atoms with E-state index in [0.717, 1.165) is 19.3 Å². The largest absolute Gasteiger partial charge is 0.481 e. The highest BCUT2D eigenvalue weighted by atomic mass is 16.5. The van der Waals surface area contributed by atoms with Crippen LogP contribution in [0.4, 0.5) is 0 Å². The van der Waals surface area contributed by atoms with Crippen LogP contribution in [0.1, 0.15) is 53.4 Å². The number of aliphatic carboxylic acids is 1. The van der Waals surface area contributed by atoms with Gasteiger partial charge in [-0.2, -0.15) is 0 Å². The number of carbonyl (C=O) groups excluding carboxylic acids is 2. The molecule has 0 aromatic heterocycles. The first-order valence-electron chi connectivity index (χ1n) is 8.65. The Hall–Kier alpha value is -1.85. The summed E-state index contributed by atoms with van der Waals surface area (Å²) in [7, 11) is 0. The number of carbonyl (C=O) groups is 3. The van der Waals surface area contributed by atoms with Gasteiger partial charge in [0.1, 0.15) is 6.10 Å². The van der Waals surface area contributed by atoms with Gasteiger partial charge in [0.15, 0.2) is 0 Å². The monoisotopic (exact) mass is 337 g/mol. The van der Waals surface area contributed by atoms with Crippen molar-refractivity contribution in [1.29, 1.82) is 0 Å². The van der Waals surface area contributed by atoms with Gasteiger partial charge in [0, 0.05) is 5.70 Å². The van der Waals surface area contributed by atoms with Gasteiger partial charge in [0.2, 0.25) is 5.91 Å². The van der Waals surface area contributed by atoms with Crippen molar-refractivity contribution in [2.45, 2.75) is 59.5 Å². The van der Waals surface area contributed by atoms with E-state index in [0.29, 0.717) is 17.5 Å².